The largest absolute Gasteiger partial charge is 0.388 e. The summed E-state index contributed by atoms with van der Waals surface area (Å²) < 4.78 is 0. The minimum Gasteiger partial charge on any atom is -0.388 e. The zero-order valence-electron chi connectivity index (χ0n) is 7.90. The smallest absolute Gasteiger partial charge is 0.0821 e. The molecule has 0 amide bonds. The highest BCUT2D eigenvalue weighted by atomic mass is 16.3. The van der Waals surface area contributed by atoms with Crippen molar-refractivity contribution in [1.29, 1.82) is 0 Å². The third kappa shape index (κ3) is 1.46. The van der Waals surface area contributed by atoms with E-state index in [-0.39, 0.29) is 6.10 Å². The van der Waals surface area contributed by atoms with Gasteiger partial charge in [-0.2, -0.15) is 0 Å². The summed E-state index contributed by atoms with van der Waals surface area (Å²) in [7, 11) is 0. The molecular weight excluding hydrogens is 162 g/mol. The molecule has 13 heavy (non-hydrogen) atoms. The van der Waals surface area contributed by atoms with E-state index < -0.39 is 0 Å². The van der Waals surface area contributed by atoms with Crippen molar-refractivity contribution in [2.75, 3.05) is 0 Å². The topological polar surface area (TPSA) is 33.1 Å². The Morgan fingerprint density at radius 3 is 3.23 bits per heavy atom. The number of fused-ring (bicyclic) bond motifs is 1. The Morgan fingerprint density at radius 2 is 2.46 bits per heavy atom. The van der Waals surface area contributed by atoms with Crippen LogP contribution in [0.1, 0.15) is 37.0 Å². The summed E-state index contributed by atoms with van der Waals surface area (Å²) in [6.07, 6.45) is 6.60. The van der Waals surface area contributed by atoms with Crippen molar-refractivity contribution >= 4 is 0 Å². The van der Waals surface area contributed by atoms with E-state index in [1.807, 2.05) is 12.3 Å². The second-order valence-electron chi connectivity index (χ2n) is 3.73. The molecule has 0 aromatic carbocycles. The molecule has 0 spiro atoms. The summed E-state index contributed by atoms with van der Waals surface area (Å²) in [5.74, 6) is 0.440. The van der Waals surface area contributed by atoms with Gasteiger partial charge in [0.1, 0.15) is 0 Å². The summed E-state index contributed by atoms with van der Waals surface area (Å²) in [6, 6.07) is 1.95. The van der Waals surface area contributed by atoms with Gasteiger partial charge in [-0.3, -0.25) is 4.98 Å². The summed E-state index contributed by atoms with van der Waals surface area (Å²) in [5.41, 5.74) is 2.31. The molecule has 70 valence electrons. The van der Waals surface area contributed by atoms with E-state index in [4.69, 9.17) is 0 Å². The van der Waals surface area contributed by atoms with Crippen LogP contribution in [-0.2, 0) is 6.42 Å². The van der Waals surface area contributed by atoms with Crippen LogP contribution in [0, 0.1) is 5.92 Å². The number of aliphatic hydroxyl groups is 1. The maximum atomic E-state index is 9.99. The van der Waals surface area contributed by atoms with E-state index in [2.05, 4.69) is 11.9 Å². The predicted molar refractivity (Wildman–Crippen MR) is 51.3 cm³/mol. The van der Waals surface area contributed by atoms with Crippen LogP contribution in [0.15, 0.2) is 18.5 Å². The molecule has 1 aromatic rings. The third-order valence-electron chi connectivity index (χ3n) is 3.02. The Balaban J connectivity index is 2.33. The van der Waals surface area contributed by atoms with Crippen LogP contribution in [0.4, 0.5) is 0 Å². The second kappa shape index (κ2) is 3.46. The molecule has 0 saturated heterocycles. The molecule has 1 heterocycles. The molecule has 1 N–H and O–H groups in total. The number of hydrogen-bond donors (Lipinski definition) is 1. The molecule has 0 bridgehead atoms. The molecule has 0 aliphatic heterocycles. The zero-order valence-corrected chi connectivity index (χ0v) is 7.90. The highest BCUT2D eigenvalue weighted by Crippen LogP contribution is 2.35. The lowest BCUT2D eigenvalue weighted by atomic mass is 9.81. The summed E-state index contributed by atoms with van der Waals surface area (Å²) >= 11 is 0. The van der Waals surface area contributed by atoms with Crippen LogP contribution in [0.3, 0.4) is 0 Å². The lowest BCUT2D eigenvalue weighted by Crippen LogP contribution is -2.19. The molecular formula is C11H15NO. The van der Waals surface area contributed by atoms with Crippen molar-refractivity contribution in [2.45, 2.75) is 32.3 Å². The fraction of sp³-hybridized carbons (Fsp3) is 0.545. The van der Waals surface area contributed by atoms with Crippen molar-refractivity contribution in [2.24, 2.45) is 5.92 Å². The van der Waals surface area contributed by atoms with E-state index in [1.54, 1.807) is 6.20 Å². The first kappa shape index (κ1) is 8.70. The van der Waals surface area contributed by atoms with Crippen LogP contribution in [0.5, 0.6) is 0 Å². The molecule has 1 aromatic heterocycles. The number of rotatable bonds is 1. The summed E-state index contributed by atoms with van der Waals surface area (Å²) in [4.78, 5) is 4.07. The van der Waals surface area contributed by atoms with Gasteiger partial charge in [-0.05, 0) is 36.0 Å². The van der Waals surface area contributed by atoms with E-state index in [0.717, 1.165) is 24.8 Å². The Hall–Kier alpha value is -0.890. The fourth-order valence-electron chi connectivity index (χ4n) is 2.12. The van der Waals surface area contributed by atoms with Crippen LogP contribution in [0.2, 0.25) is 0 Å². The average molecular weight is 177 g/mol. The monoisotopic (exact) mass is 177 g/mol. The number of hydrogen-bond acceptors (Lipinski definition) is 2. The Kier molecular flexibility index (Phi) is 2.32. The van der Waals surface area contributed by atoms with Crippen LogP contribution < -0.4 is 0 Å². The molecule has 0 fully saturated rings. The van der Waals surface area contributed by atoms with E-state index in [0.29, 0.717) is 5.92 Å². The number of aryl methyl sites for hydroxylation is 1. The van der Waals surface area contributed by atoms with Gasteiger partial charge in [0, 0.05) is 12.4 Å². The minimum absolute atomic E-state index is 0.267. The van der Waals surface area contributed by atoms with Gasteiger partial charge in [-0.1, -0.05) is 13.3 Å². The molecule has 2 rings (SSSR count). The number of pyridine rings is 1. The van der Waals surface area contributed by atoms with Crippen molar-refractivity contribution in [1.82, 2.24) is 4.98 Å². The molecule has 2 nitrogen and oxygen atoms in total. The number of nitrogens with zero attached hydrogens (tertiary/aromatic N) is 1. The van der Waals surface area contributed by atoms with Gasteiger partial charge in [0.15, 0.2) is 0 Å². The first-order valence-corrected chi connectivity index (χ1v) is 4.93. The highest BCUT2D eigenvalue weighted by Gasteiger charge is 2.25. The van der Waals surface area contributed by atoms with Gasteiger partial charge in [0.05, 0.1) is 6.10 Å². The van der Waals surface area contributed by atoms with Crippen molar-refractivity contribution in [3.8, 4) is 0 Å². The van der Waals surface area contributed by atoms with Gasteiger partial charge < -0.3 is 5.11 Å². The predicted octanol–water partition coefficient (Wildman–Crippen LogP) is 2.09. The van der Waals surface area contributed by atoms with Crippen LogP contribution in [0.25, 0.3) is 0 Å². The van der Waals surface area contributed by atoms with Crippen molar-refractivity contribution in [3.05, 3.63) is 29.6 Å². The highest BCUT2D eigenvalue weighted by molar-refractivity contribution is 5.28. The average Bonchev–Trinajstić information content (AvgIpc) is 2.19. The van der Waals surface area contributed by atoms with Crippen LogP contribution >= 0.6 is 0 Å². The third-order valence-corrected chi connectivity index (χ3v) is 3.02. The quantitative estimate of drug-likeness (QED) is 0.712. The Morgan fingerprint density at radius 1 is 1.62 bits per heavy atom. The number of aliphatic hydroxyl groups excluding tert-OH is 1. The zero-order chi connectivity index (χ0) is 9.26. The molecule has 2 unspecified atom stereocenters. The van der Waals surface area contributed by atoms with Gasteiger partial charge in [-0.15, -0.1) is 0 Å². The molecule has 0 saturated carbocycles. The number of aromatic nitrogens is 1. The second-order valence-corrected chi connectivity index (χ2v) is 3.73. The Labute approximate surface area is 78.6 Å². The van der Waals surface area contributed by atoms with E-state index >= 15 is 0 Å². The van der Waals surface area contributed by atoms with Gasteiger partial charge in [0.2, 0.25) is 0 Å². The van der Waals surface area contributed by atoms with Crippen LogP contribution in [-0.4, -0.2) is 10.1 Å². The minimum atomic E-state index is -0.267. The van der Waals surface area contributed by atoms with Gasteiger partial charge in [0.25, 0.3) is 0 Å². The first-order valence-electron chi connectivity index (χ1n) is 4.93. The lowest BCUT2D eigenvalue weighted by molar-refractivity contribution is 0.0912. The maximum absolute atomic E-state index is 9.99. The van der Waals surface area contributed by atoms with Crippen molar-refractivity contribution < 1.29 is 5.11 Å². The fourth-order valence-corrected chi connectivity index (χ4v) is 2.12. The van der Waals surface area contributed by atoms with E-state index in [1.165, 1.54) is 5.56 Å². The van der Waals surface area contributed by atoms with Gasteiger partial charge in [-0.25, -0.2) is 0 Å². The molecule has 0 radical (unpaired) electrons. The molecule has 1 aliphatic carbocycles. The molecule has 1 aliphatic rings. The molecule has 2 atom stereocenters. The standard InChI is InChI=1S/C11H15NO/c1-2-8-3-4-9-7-12-6-5-10(9)11(8)13/h5-8,11,13H,2-4H2,1H3. The summed E-state index contributed by atoms with van der Waals surface area (Å²) in [6.45, 7) is 2.14. The first-order chi connectivity index (χ1) is 6.33. The Bertz CT molecular complexity index is 298. The van der Waals surface area contributed by atoms with E-state index in [9.17, 15) is 5.11 Å². The normalized spacial score (nSPS) is 26.9. The van der Waals surface area contributed by atoms with Crippen molar-refractivity contribution in [3.63, 3.8) is 0 Å². The SMILES string of the molecule is CCC1CCc2cnccc2C1O. The lowest BCUT2D eigenvalue weighted by Gasteiger charge is -2.28. The maximum Gasteiger partial charge on any atom is 0.0821 e. The molecule has 2 heteroatoms. The summed E-state index contributed by atoms with van der Waals surface area (Å²) in [5, 5.41) is 9.99. The van der Waals surface area contributed by atoms with Gasteiger partial charge >= 0.3 is 0 Å².